The average Bonchev–Trinajstić information content (AvgIpc) is 3.09. The van der Waals surface area contributed by atoms with Crippen LogP contribution in [0.4, 0.5) is 0 Å². The van der Waals surface area contributed by atoms with E-state index in [1.165, 1.54) is 11.2 Å². The van der Waals surface area contributed by atoms with E-state index in [4.69, 9.17) is 0 Å². The molecule has 2 aromatic rings. The van der Waals surface area contributed by atoms with Crippen LogP contribution >= 0.6 is 23.1 Å². The fourth-order valence-corrected chi connectivity index (χ4v) is 5.95. The molecule has 25 heavy (non-hydrogen) atoms. The van der Waals surface area contributed by atoms with Crippen LogP contribution in [0.5, 0.6) is 0 Å². The van der Waals surface area contributed by atoms with Gasteiger partial charge in [0.05, 0.1) is 15.7 Å². The fraction of sp³-hybridized carbons (Fsp3) is 0.529. The van der Waals surface area contributed by atoms with Crippen molar-refractivity contribution in [2.45, 2.75) is 54.7 Å². The molecule has 1 aliphatic rings. The molecule has 3 rings (SSSR count). The molecule has 0 aliphatic carbocycles. The summed E-state index contributed by atoms with van der Waals surface area (Å²) in [6.45, 7) is 3.38. The minimum absolute atomic E-state index is 0.289. The first-order valence-corrected chi connectivity index (χ1v) is 11.9. The second-order valence-corrected chi connectivity index (χ2v) is 9.94. The first-order chi connectivity index (χ1) is 12.1. The lowest BCUT2D eigenvalue weighted by molar-refractivity contribution is 0.346. The molecule has 1 fully saturated rings. The van der Waals surface area contributed by atoms with Gasteiger partial charge >= 0.3 is 0 Å². The Morgan fingerprint density at radius 3 is 2.72 bits per heavy atom. The lowest BCUT2D eigenvalue weighted by Gasteiger charge is -2.25. The number of aromatic nitrogens is 2. The Hall–Kier alpha value is -0.960. The number of thiazole rings is 1. The van der Waals surface area contributed by atoms with E-state index in [1.54, 1.807) is 39.5 Å². The van der Waals surface area contributed by atoms with Crippen LogP contribution in [-0.4, -0.2) is 35.8 Å². The number of pyridine rings is 1. The van der Waals surface area contributed by atoms with Crippen LogP contribution in [0.15, 0.2) is 33.6 Å². The van der Waals surface area contributed by atoms with E-state index in [0.29, 0.717) is 13.1 Å². The van der Waals surface area contributed by atoms with E-state index < -0.39 is 10.0 Å². The van der Waals surface area contributed by atoms with Crippen LogP contribution in [0, 0.1) is 0 Å². The molecule has 0 spiro atoms. The number of hydrogen-bond acceptors (Lipinski definition) is 6. The maximum Gasteiger partial charge on any atom is 0.244 e. The van der Waals surface area contributed by atoms with Crippen LogP contribution in [-0.2, 0) is 22.2 Å². The third-order valence-electron chi connectivity index (χ3n) is 4.09. The van der Waals surface area contributed by atoms with Crippen molar-refractivity contribution in [3.63, 3.8) is 0 Å². The number of nitrogens with zero attached hydrogens (tertiary/aromatic N) is 3. The molecule has 1 saturated heterocycles. The minimum atomic E-state index is -3.40. The largest absolute Gasteiger partial charge is 0.249 e. The van der Waals surface area contributed by atoms with Gasteiger partial charge in [0.25, 0.3) is 0 Å². The lowest BCUT2D eigenvalue weighted by atomic mass is 10.2. The number of piperidine rings is 1. The van der Waals surface area contributed by atoms with Crippen molar-refractivity contribution in [2.24, 2.45) is 0 Å². The van der Waals surface area contributed by atoms with Crippen molar-refractivity contribution >= 4 is 33.1 Å². The molecule has 0 atom stereocenters. The van der Waals surface area contributed by atoms with Crippen molar-refractivity contribution in [3.8, 4) is 0 Å². The Morgan fingerprint density at radius 1 is 1.24 bits per heavy atom. The van der Waals surface area contributed by atoms with Gasteiger partial charge in [0.15, 0.2) is 0 Å². The topological polar surface area (TPSA) is 63.2 Å². The molecule has 0 saturated carbocycles. The summed E-state index contributed by atoms with van der Waals surface area (Å²) in [5.74, 6) is 0.755. The highest BCUT2D eigenvalue weighted by molar-refractivity contribution is 7.98. The molecule has 0 unspecified atom stereocenters. The van der Waals surface area contributed by atoms with Crippen LogP contribution in [0.25, 0.3) is 0 Å². The molecule has 136 valence electrons. The van der Waals surface area contributed by atoms with Gasteiger partial charge in [0.2, 0.25) is 10.0 Å². The van der Waals surface area contributed by atoms with Gasteiger partial charge in [-0.3, -0.25) is 0 Å². The Kier molecular flexibility index (Phi) is 6.49. The zero-order valence-corrected chi connectivity index (χ0v) is 16.8. The van der Waals surface area contributed by atoms with Crippen LogP contribution in [0.1, 0.15) is 43.3 Å². The summed E-state index contributed by atoms with van der Waals surface area (Å²) in [7, 11) is -3.40. The first kappa shape index (κ1) is 18.8. The summed E-state index contributed by atoms with van der Waals surface area (Å²) in [4.78, 5) is 9.22. The van der Waals surface area contributed by atoms with Gasteiger partial charge in [0, 0.05) is 30.4 Å². The van der Waals surface area contributed by atoms with Crippen molar-refractivity contribution in [2.75, 3.05) is 13.1 Å². The zero-order chi connectivity index (χ0) is 17.7. The molecular weight excluding hydrogens is 374 g/mol. The highest BCUT2D eigenvalue weighted by Crippen LogP contribution is 2.25. The van der Waals surface area contributed by atoms with Crippen molar-refractivity contribution in [1.82, 2.24) is 14.3 Å². The summed E-state index contributed by atoms with van der Waals surface area (Å²) in [6.07, 6.45) is 6.60. The molecule has 3 heterocycles. The molecule has 2 aromatic heterocycles. The number of thioether (sulfide) groups is 1. The number of sulfonamides is 1. The van der Waals surface area contributed by atoms with Crippen molar-refractivity contribution in [1.29, 1.82) is 0 Å². The highest BCUT2D eigenvalue weighted by Gasteiger charge is 2.26. The monoisotopic (exact) mass is 397 g/mol. The van der Waals surface area contributed by atoms with E-state index in [0.717, 1.165) is 48.6 Å². The second-order valence-electron chi connectivity index (χ2n) is 6.07. The van der Waals surface area contributed by atoms with Crippen LogP contribution in [0.3, 0.4) is 0 Å². The molecule has 8 heteroatoms. The summed E-state index contributed by atoms with van der Waals surface area (Å²) in [5.41, 5.74) is 1.06. The number of aryl methyl sites for hydroxylation is 1. The number of rotatable bonds is 7. The lowest BCUT2D eigenvalue weighted by Crippen LogP contribution is -2.35. The molecule has 0 amide bonds. The molecule has 0 bridgehead atoms. The van der Waals surface area contributed by atoms with Gasteiger partial charge in [0.1, 0.15) is 4.90 Å². The summed E-state index contributed by atoms with van der Waals surface area (Å²) < 4.78 is 26.8. The normalized spacial score (nSPS) is 16.2. The predicted molar refractivity (Wildman–Crippen MR) is 103 cm³/mol. The second kappa shape index (κ2) is 8.62. The molecule has 1 aliphatic heterocycles. The van der Waals surface area contributed by atoms with E-state index in [-0.39, 0.29) is 4.90 Å². The molecule has 0 radical (unpaired) electrons. The van der Waals surface area contributed by atoms with E-state index >= 15 is 0 Å². The molecule has 0 aromatic carbocycles. The van der Waals surface area contributed by atoms with Crippen LogP contribution < -0.4 is 0 Å². The van der Waals surface area contributed by atoms with Gasteiger partial charge in [-0.1, -0.05) is 13.3 Å². The maximum absolute atomic E-state index is 12.6. The number of hydrogen-bond donors (Lipinski definition) is 0. The van der Waals surface area contributed by atoms with Gasteiger partial charge in [-0.25, -0.2) is 18.4 Å². The smallest absolute Gasteiger partial charge is 0.244 e. The third kappa shape index (κ3) is 4.81. The van der Waals surface area contributed by atoms with E-state index in [2.05, 4.69) is 22.3 Å². The van der Waals surface area contributed by atoms with Crippen molar-refractivity contribution < 1.29 is 8.42 Å². The quantitative estimate of drug-likeness (QED) is 0.662. The summed E-state index contributed by atoms with van der Waals surface area (Å²) >= 11 is 3.29. The summed E-state index contributed by atoms with van der Waals surface area (Å²) in [5, 5.41) is 4.09. The Morgan fingerprint density at radius 2 is 2.04 bits per heavy atom. The van der Waals surface area contributed by atoms with Gasteiger partial charge in [-0.15, -0.1) is 23.1 Å². The van der Waals surface area contributed by atoms with E-state index in [1.807, 2.05) is 0 Å². The van der Waals surface area contributed by atoms with Crippen LogP contribution in [0.2, 0.25) is 0 Å². The predicted octanol–water partition coefficient (Wildman–Crippen LogP) is 3.96. The Bertz CT molecular complexity index is 782. The van der Waals surface area contributed by atoms with Gasteiger partial charge < -0.3 is 0 Å². The molecular formula is C17H23N3O2S3. The Labute approximate surface area is 157 Å². The van der Waals surface area contributed by atoms with E-state index in [9.17, 15) is 8.42 Å². The minimum Gasteiger partial charge on any atom is -0.249 e. The Balaban J connectivity index is 1.61. The highest BCUT2D eigenvalue weighted by atomic mass is 32.2. The fourth-order valence-electron chi connectivity index (χ4n) is 2.75. The van der Waals surface area contributed by atoms with Gasteiger partial charge in [-0.2, -0.15) is 4.31 Å². The average molecular weight is 398 g/mol. The molecule has 0 N–H and O–H groups in total. The zero-order valence-electron chi connectivity index (χ0n) is 14.3. The third-order valence-corrected chi connectivity index (χ3v) is 7.91. The standard InChI is InChI=1S/C17H23N3O2S3/c1-2-6-17-19-14(13-24-17)12-23-16-8-7-15(11-18-16)25(21,22)20-9-4-3-5-10-20/h7-8,11,13H,2-6,9-10,12H2,1H3. The van der Waals surface area contributed by atoms with Crippen molar-refractivity contribution in [3.05, 3.63) is 34.4 Å². The SMILES string of the molecule is CCCc1nc(CSc2ccc(S(=O)(=O)N3CCCCC3)cn2)cs1. The first-order valence-electron chi connectivity index (χ1n) is 8.62. The summed E-state index contributed by atoms with van der Waals surface area (Å²) in [6, 6.07) is 3.46. The molecule has 5 nitrogen and oxygen atoms in total. The van der Waals surface area contributed by atoms with Gasteiger partial charge in [-0.05, 0) is 37.8 Å². The maximum atomic E-state index is 12.6.